The highest BCUT2D eigenvalue weighted by atomic mass is 32.1. The van der Waals surface area contributed by atoms with Crippen LogP contribution in [0.1, 0.15) is 6.92 Å². The minimum Gasteiger partial charge on any atom is -0.450 e. The summed E-state index contributed by atoms with van der Waals surface area (Å²) < 4.78 is 4.18. The van der Waals surface area contributed by atoms with E-state index in [0.717, 1.165) is 0 Å². The first kappa shape index (κ1) is 15.7. The van der Waals surface area contributed by atoms with Crippen LogP contribution in [0.15, 0.2) is 0 Å². The predicted octanol–water partition coefficient (Wildman–Crippen LogP) is 0.327. The van der Waals surface area contributed by atoms with Crippen molar-refractivity contribution in [1.29, 1.82) is 0 Å². The Hall–Kier alpha value is -0.0300. The Balaban J connectivity index is -0.000000125. The molecule has 0 saturated carbocycles. The van der Waals surface area contributed by atoms with Crippen LogP contribution >= 0.6 is 27.0 Å². The third-order valence-corrected chi connectivity index (χ3v) is 0.287. The summed E-state index contributed by atoms with van der Waals surface area (Å²) >= 11 is 0. The van der Waals surface area contributed by atoms with Gasteiger partial charge in [-0.25, -0.2) is 4.79 Å². The van der Waals surface area contributed by atoms with Crippen molar-refractivity contribution in [3.63, 3.8) is 0 Å². The molecule has 0 aromatic rings. The summed E-state index contributed by atoms with van der Waals surface area (Å²) in [5.74, 6) is 0. The number of nitrogens with two attached hydrogens (primary N) is 1. The molecule has 0 aromatic heterocycles. The Morgan fingerprint density at radius 2 is 2.00 bits per heavy atom. The van der Waals surface area contributed by atoms with Crippen LogP contribution in [-0.2, 0) is 4.74 Å². The quantitative estimate of drug-likeness (QED) is 0.596. The molecule has 0 spiro atoms. The van der Waals surface area contributed by atoms with Crippen molar-refractivity contribution in [1.82, 2.24) is 0 Å². The van der Waals surface area contributed by atoms with Gasteiger partial charge in [-0.3, -0.25) is 0 Å². The third kappa shape index (κ3) is 16.7. The Bertz CT molecular complexity index is 59.2. The summed E-state index contributed by atoms with van der Waals surface area (Å²) in [7, 11) is 0. The number of carbonyl (C=O) groups excluding carboxylic acids is 1. The van der Waals surface area contributed by atoms with Gasteiger partial charge >= 0.3 is 6.09 Å². The first-order valence-electron chi connectivity index (χ1n) is 1.69. The molecule has 2 N–H and O–H groups in total. The molecular weight excluding hydrogens is 146 g/mol. The molecule has 0 aliphatic rings. The second kappa shape index (κ2) is 10.1. The van der Waals surface area contributed by atoms with Gasteiger partial charge < -0.3 is 10.5 Å². The molecule has 0 aromatic carbocycles. The van der Waals surface area contributed by atoms with E-state index in [1.54, 1.807) is 6.92 Å². The largest absolute Gasteiger partial charge is 0.450 e. The molecule has 0 atom stereocenters. The fourth-order valence-electron chi connectivity index (χ4n) is 0.142. The SMILES string of the molecule is CCOC(N)=O.S.S. The Kier molecular flexibility index (Phi) is 19.7. The van der Waals surface area contributed by atoms with E-state index in [9.17, 15) is 4.79 Å². The topological polar surface area (TPSA) is 52.3 Å². The van der Waals surface area contributed by atoms with Crippen molar-refractivity contribution < 1.29 is 9.53 Å². The van der Waals surface area contributed by atoms with E-state index < -0.39 is 6.09 Å². The van der Waals surface area contributed by atoms with Crippen LogP contribution in [-0.4, -0.2) is 12.7 Å². The van der Waals surface area contributed by atoms with E-state index >= 15 is 0 Å². The van der Waals surface area contributed by atoms with Gasteiger partial charge in [-0.05, 0) is 6.92 Å². The highest BCUT2D eigenvalue weighted by Gasteiger charge is 1.82. The summed E-state index contributed by atoms with van der Waals surface area (Å²) in [6.07, 6.45) is -0.711. The Morgan fingerprint density at radius 1 is 1.62 bits per heavy atom. The summed E-state index contributed by atoms with van der Waals surface area (Å²) in [4.78, 5) is 9.60. The van der Waals surface area contributed by atoms with Gasteiger partial charge in [0.1, 0.15) is 0 Å². The fourth-order valence-corrected chi connectivity index (χ4v) is 0.142. The average Bonchev–Trinajstić information content (AvgIpc) is 1.35. The Labute approximate surface area is 62.5 Å². The second-order valence-corrected chi connectivity index (χ2v) is 0.752. The molecule has 0 aliphatic heterocycles. The highest BCUT2D eigenvalue weighted by molar-refractivity contribution is 7.59. The Morgan fingerprint density at radius 3 is 2.00 bits per heavy atom. The molecule has 1 amide bonds. The molecule has 0 bridgehead atoms. The van der Waals surface area contributed by atoms with Crippen LogP contribution in [0.2, 0.25) is 0 Å². The van der Waals surface area contributed by atoms with E-state index in [4.69, 9.17) is 0 Å². The molecule has 0 fully saturated rings. The van der Waals surface area contributed by atoms with Crippen molar-refractivity contribution in [2.24, 2.45) is 5.73 Å². The van der Waals surface area contributed by atoms with Crippen LogP contribution in [0.25, 0.3) is 0 Å². The van der Waals surface area contributed by atoms with Crippen molar-refractivity contribution in [3.05, 3.63) is 0 Å². The summed E-state index contributed by atoms with van der Waals surface area (Å²) in [6, 6.07) is 0. The molecule has 3 nitrogen and oxygen atoms in total. The zero-order valence-corrected chi connectivity index (χ0v) is 6.60. The minimum absolute atomic E-state index is 0. The van der Waals surface area contributed by atoms with Crippen molar-refractivity contribution >= 4 is 33.1 Å². The van der Waals surface area contributed by atoms with Gasteiger partial charge in [0.2, 0.25) is 0 Å². The van der Waals surface area contributed by atoms with Gasteiger partial charge in [-0.1, -0.05) is 0 Å². The van der Waals surface area contributed by atoms with Crippen LogP contribution < -0.4 is 5.73 Å². The minimum atomic E-state index is -0.711. The molecule has 0 saturated heterocycles. The molecule has 52 valence electrons. The second-order valence-electron chi connectivity index (χ2n) is 0.752. The maximum Gasteiger partial charge on any atom is 0.404 e. The van der Waals surface area contributed by atoms with Gasteiger partial charge in [0.05, 0.1) is 6.61 Å². The lowest BCUT2D eigenvalue weighted by Crippen LogP contribution is -2.11. The summed E-state index contributed by atoms with van der Waals surface area (Å²) in [5.41, 5.74) is 4.54. The average molecular weight is 157 g/mol. The summed E-state index contributed by atoms with van der Waals surface area (Å²) in [5, 5.41) is 0. The predicted molar refractivity (Wildman–Crippen MR) is 42.0 cm³/mol. The lowest BCUT2D eigenvalue weighted by atomic mass is 10.9. The van der Waals surface area contributed by atoms with Gasteiger partial charge in [0.15, 0.2) is 0 Å². The van der Waals surface area contributed by atoms with Crippen molar-refractivity contribution in [3.8, 4) is 0 Å². The number of ether oxygens (including phenoxy) is 1. The number of primary amides is 1. The molecule has 0 unspecified atom stereocenters. The zero-order valence-electron chi connectivity index (χ0n) is 4.60. The van der Waals surface area contributed by atoms with Crippen LogP contribution in [0.3, 0.4) is 0 Å². The first-order valence-corrected chi connectivity index (χ1v) is 1.69. The maximum absolute atomic E-state index is 9.60. The van der Waals surface area contributed by atoms with Crippen LogP contribution in [0, 0.1) is 0 Å². The van der Waals surface area contributed by atoms with E-state index in [-0.39, 0.29) is 27.0 Å². The van der Waals surface area contributed by atoms with Gasteiger partial charge in [0.25, 0.3) is 0 Å². The maximum atomic E-state index is 9.60. The number of carbonyl (C=O) groups is 1. The number of hydrogen-bond acceptors (Lipinski definition) is 2. The first-order chi connectivity index (χ1) is 2.77. The monoisotopic (exact) mass is 157 g/mol. The van der Waals surface area contributed by atoms with Gasteiger partial charge in [-0.2, -0.15) is 27.0 Å². The van der Waals surface area contributed by atoms with E-state index in [0.29, 0.717) is 6.61 Å². The smallest absolute Gasteiger partial charge is 0.404 e. The lowest BCUT2D eigenvalue weighted by Gasteiger charge is -1.89. The molecule has 0 rings (SSSR count). The molecule has 5 heteroatoms. The van der Waals surface area contributed by atoms with E-state index in [1.165, 1.54) is 0 Å². The molecule has 0 heterocycles. The van der Waals surface area contributed by atoms with E-state index in [1.807, 2.05) is 0 Å². The number of hydrogen-bond donors (Lipinski definition) is 1. The van der Waals surface area contributed by atoms with Crippen molar-refractivity contribution in [2.45, 2.75) is 6.92 Å². The lowest BCUT2D eigenvalue weighted by molar-refractivity contribution is 0.163. The normalized spacial score (nSPS) is 5.62. The van der Waals surface area contributed by atoms with Gasteiger partial charge in [0, 0.05) is 0 Å². The fraction of sp³-hybridized carbons (Fsp3) is 0.667. The molecular formula is C3H11NO2S2. The molecule has 0 radical (unpaired) electrons. The van der Waals surface area contributed by atoms with Crippen LogP contribution in [0.4, 0.5) is 4.79 Å². The molecule has 8 heavy (non-hydrogen) atoms. The van der Waals surface area contributed by atoms with Crippen LogP contribution in [0.5, 0.6) is 0 Å². The highest BCUT2D eigenvalue weighted by Crippen LogP contribution is 1.66. The molecule has 0 aliphatic carbocycles. The van der Waals surface area contributed by atoms with Gasteiger partial charge in [-0.15, -0.1) is 0 Å². The zero-order chi connectivity index (χ0) is 4.99. The van der Waals surface area contributed by atoms with E-state index in [2.05, 4.69) is 10.5 Å². The number of amides is 1. The van der Waals surface area contributed by atoms with Crippen molar-refractivity contribution in [2.75, 3.05) is 6.61 Å². The standard InChI is InChI=1S/C3H7NO2.2H2S/c1-2-6-3(4)5;;/h2H2,1H3,(H2,4,5);2*1H2. The third-order valence-electron chi connectivity index (χ3n) is 0.287. The number of rotatable bonds is 1. The summed E-state index contributed by atoms with van der Waals surface area (Å²) in [6.45, 7) is 2.06.